The molecule has 0 aliphatic rings. The van der Waals surface area contributed by atoms with Gasteiger partial charge in [-0.2, -0.15) is 0 Å². The lowest BCUT2D eigenvalue weighted by Gasteiger charge is -2.13. The topological polar surface area (TPSA) is 9.23 Å². The van der Waals surface area contributed by atoms with E-state index in [0.29, 0.717) is 0 Å². The van der Waals surface area contributed by atoms with E-state index in [-0.39, 0.29) is 12.1 Å². The van der Waals surface area contributed by atoms with Crippen molar-refractivity contribution >= 4 is 17.1 Å². The zero-order valence-electron chi connectivity index (χ0n) is 5.42. The first-order valence-corrected chi connectivity index (χ1v) is 3.59. The van der Waals surface area contributed by atoms with Gasteiger partial charge in [-0.1, -0.05) is 0 Å². The summed E-state index contributed by atoms with van der Waals surface area (Å²) in [5.41, 5.74) is 0. The van der Waals surface area contributed by atoms with Crippen LogP contribution in [-0.2, 0) is 4.74 Å². The Kier molecular flexibility index (Phi) is 4.59. The molecule has 0 amide bonds. The van der Waals surface area contributed by atoms with Gasteiger partial charge in [0.25, 0.3) is 0 Å². The van der Waals surface area contributed by atoms with E-state index < -0.39 is 0 Å². The molecule has 0 heterocycles. The molecule has 0 aliphatic carbocycles. The molecule has 3 heteroatoms. The summed E-state index contributed by atoms with van der Waals surface area (Å²) in [5, 5.41) is 0. The van der Waals surface area contributed by atoms with Crippen LogP contribution < -0.4 is 0 Å². The summed E-state index contributed by atoms with van der Waals surface area (Å²) < 4.78 is 5.16. The summed E-state index contributed by atoms with van der Waals surface area (Å²) in [4.78, 5) is 0. The van der Waals surface area contributed by atoms with Gasteiger partial charge in [0.15, 0.2) is 0 Å². The fraction of sp³-hybridized carbons (Fsp3) is 1.00. The molecular weight excluding hydrogens is 118 g/mol. The lowest BCUT2D eigenvalue weighted by atomic mass is 10.0. The minimum absolute atomic E-state index is 0.134. The van der Waals surface area contributed by atoms with Crippen molar-refractivity contribution in [1.82, 2.24) is 0 Å². The Morgan fingerprint density at radius 1 is 1.62 bits per heavy atom. The van der Waals surface area contributed by atoms with Crippen molar-refractivity contribution in [3.8, 4) is 0 Å². The third-order valence-electron chi connectivity index (χ3n) is 0.779. The van der Waals surface area contributed by atoms with Crippen LogP contribution in [0.4, 0.5) is 0 Å². The van der Waals surface area contributed by atoms with Crippen LogP contribution in [0.25, 0.3) is 0 Å². The van der Waals surface area contributed by atoms with Crippen LogP contribution in [0.3, 0.4) is 0 Å². The summed E-state index contributed by atoms with van der Waals surface area (Å²) >= 11 is 0. The highest BCUT2D eigenvalue weighted by Crippen LogP contribution is 1.97. The molecule has 0 N–H and O–H groups in total. The second kappa shape index (κ2) is 4.35. The van der Waals surface area contributed by atoms with E-state index >= 15 is 0 Å². The Hall–Kier alpha value is 0.455. The lowest BCUT2D eigenvalue weighted by molar-refractivity contribution is 0.0673. The molecule has 1 nitrogen and oxygen atoms in total. The first-order valence-electron chi connectivity index (χ1n) is 2.78. The van der Waals surface area contributed by atoms with E-state index in [1.54, 1.807) is 0 Å². The van der Waals surface area contributed by atoms with Crippen LogP contribution in [0.1, 0.15) is 13.8 Å². The minimum atomic E-state index is -0.134. The molecule has 46 valence electrons. The summed E-state index contributed by atoms with van der Waals surface area (Å²) in [5.74, 6) is 0. The average Bonchev–Trinajstić information content (AvgIpc) is 1.65. The number of hydrogen-bond acceptors (Lipinski definition) is 1. The molecule has 0 saturated heterocycles. The Morgan fingerprint density at radius 3 is 2.25 bits per heavy atom. The summed E-state index contributed by atoms with van der Waals surface area (Å²) in [6.45, 7) is 3.83. The molecule has 3 atom stereocenters. The van der Waals surface area contributed by atoms with Crippen molar-refractivity contribution in [3.63, 3.8) is 0 Å². The molecule has 8 heavy (non-hydrogen) atoms. The van der Waals surface area contributed by atoms with Gasteiger partial charge >= 0.3 is 0 Å². The Labute approximate surface area is 54.8 Å². The largest absolute Gasteiger partial charge is 0.385 e. The van der Waals surface area contributed by atoms with Crippen LogP contribution >= 0.6 is 9.24 Å². The summed E-state index contributed by atoms with van der Waals surface area (Å²) in [6, 6.07) is -0.134. The zero-order chi connectivity index (χ0) is 6.57. The smallest absolute Gasteiger partial charge is 0.108 e. The molecule has 0 bridgehead atoms. The summed E-state index contributed by atoms with van der Waals surface area (Å²) in [6.07, 6.45) is 1.21. The number of rotatable bonds is 3. The predicted octanol–water partition coefficient (Wildman–Crippen LogP) is 0.781. The molecular formula is C5H12BOP. The first kappa shape index (κ1) is 8.45. The number of ether oxygens (including phenoxy) is 1. The molecule has 0 spiro atoms. The van der Waals surface area contributed by atoms with E-state index in [1.165, 1.54) is 0 Å². The maximum absolute atomic E-state index is 5.34. The van der Waals surface area contributed by atoms with Crippen LogP contribution in [-0.4, -0.2) is 26.1 Å². The average molecular weight is 130 g/mol. The van der Waals surface area contributed by atoms with Gasteiger partial charge in [0, 0.05) is 6.00 Å². The maximum Gasteiger partial charge on any atom is 0.108 e. The molecule has 0 aliphatic heterocycles. The highest BCUT2D eigenvalue weighted by Gasteiger charge is 1.98. The highest BCUT2D eigenvalue weighted by molar-refractivity contribution is 7.16. The maximum atomic E-state index is 5.34. The molecule has 2 radical (unpaired) electrons. The Balaban J connectivity index is 3.10. The SMILES string of the molecule is [B]C(C)OC(C)CP. The first-order chi connectivity index (χ1) is 3.66. The molecule has 0 saturated carbocycles. The zero-order valence-corrected chi connectivity index (χ0v) is 6.58. The molecule has 0 aromatic rings. The second-order valence-electron chi connectivity index (χ2n) is 1.89. The fourth-order valence-electron chi connectivity index (χ4n) is 0.422. The highest BCUT2D eigenvalue weighted by atomic mass is 31.0. The molecule has 0 aromatic carbocycles. The third-order valence-corrected chi connectivity index (χ3v) is 1.44. The van der Waals surface area contributed by atoms with Crippen molar-refractivity contribution in [2.24, 2.45) is 0 Å². The Morgan fingerprint density at radius 2 is 2.12 bits per heavy atom. The van der Waals surface area contributed by atoms with Crippen LogP contribution in [0.15, 0.2) is 0 Å². The van der Waals surface area contributed by atoms with Crippen molar-refractivity contribution < 1.29 is 4.74 Å². The second-order valence-corrected chi connectivity index (χ2v) is 2.36. The molecule has 0 aromatic heterocycles. The molecule has 0 rings (SSSR count). The van der Waals surface area contributed by atoms with E-state index in [1.807, 2.05) is 13.8 Å². The van der Waals surface area contributed by atoms with Gasteiger partial charge in [-0.25, -0.2) is 0 Å². The van der Waals surface area contributed by atoms with Crippen molar-refractivity contribution in [2.75, 3.05) is 6.16 Å². The Bertz CT molecular complexity index is 58.4. The van der Waals surface area contributed by atoms with E-state index in [4.69, 9.17) is 12.6 Å². The standard InChI is InChI=1S/C5H12BOP/c1-4(3-8)7-5(2)6/h4-5H,3,8H2,1-2H3. The predicted molar refractivity (Wildman–Crippen MR) is 40.3 cm³/mol. The summed E-state index contributed by atoms with van der Waals surface area (Å²) in [7, 11) is 7.94. The quantitative estimate of drug-likeness (QED) is 0.405. The number of hydrogen-bond donors (Lipinski definition) is 0. The van der Waals surface area contributed by atoms with Gasteiger partial charge in [0.2, 0.25) is 0 Å². The van der Waals surface area contributed by atoms with Crippen molar-refractivity contribution in [1.29, 1.82) is 0 Å². The van der Waals surface area contributed by atoms with Gasteiger partial charge in [0.05, 0.1) is 6.10 Å². The van der Waals surface area contributed by atoms with Gasteiger partial charge in [-0.15, -0.1) is 9.24 Å². The van der Waals surface area contributed by atoms with Gasteiger partial charge in [0.1, 0.15) is 7.85 Å². The normalized spacial score (nSPS) is 17.9. The van der Waals surface area contributed by atoms with E-state index in [9.17, 15) is 0 Å². The van der Waals surface area contributed by atoms with Crippen molar-refractivity contribution in [3.05, 3.63) is 0 Å². The molecule has 0 fully saturated rings. The van der Waals surface area contributed by atoms with E-state index in [2.05, 4.69) is 9.24 Å². The minimum Gasteiger partial charge on any atom is -0.385 e. The van der Waals surface area contributed by atoms with Gasteiger partial charge < -0.3 is 4.74 Å². The van der Waals surface area contributed by atoms with Crippen LogP contribution in [0.2, 0.25) is 0 Å². The van der Waals surface area contributed by atoms with Crippen molar-refractivity contribution in [2.45, 2.75) is 26.0 Å². The fourth-order valence-corrected chi connectivity index (χ4v) is 0.533. The third kappa shape index (κ3) is 4.61. The van der Waals surface area contributed by atoms with Gasteiger partial charge in [-0.05, 0) is 20.0 Å². The molecule has 3 unspecified atom stereocenters. The van der Waals surface area contributed by atoms with Crippen LogP contribution in [0, 0.1) is 0 Å². The monoisotopic (exact) mass is 130 g/mol. The van der Waals surface area contributed by atoms with Gasteiger partial charge in [-0.3, -0.25) is 0 Å². The lowest BCUT2D eigenvalue weighted by Crippen LogP contribution is -2.17. The van der Waals surface area contributed by atoms with E-state index in [0.717, 1.165) is 6.16 Å². The van der Waals surface area contributed by atoms with Crippen LogP contribution in [0.5, 0.6) is 0 Å².